The van der Waals surface area contributed by atoms with Crippen LogP contribution in [0.5, 0.6) is 0 Å². The van der Waals surface area contributed by atoms with Gasteiger partial charge in [-0.3, -0.25) is 4.90 Å². The summed E-state index contributed by atoms with van der Waals surface area (Å²) < 4.78 is 0. The minimum absolute atomic E-state index is 0.0852. The van der Waals surface area contributed by atoms with Gasteiger partial charge < -0.3 is 10.2 Å². The molecule has 0 atom stereocenters. The molecular formula is C16H25N3O. The Balaban J connectivity index is 1.78. The van der Waals surface area contributed by atoms with Gasteiger partial charge in [0, 0.05) is 39.3 Å². The largest absolute Gasteiger partial charge is 0.338 e. The summed E-state index contributed by atoms with van der Waals surface area (Å²) in [5, 5.41) is 2.94. The molecule has 0 spiro atoms. The van der Waals surface area contributed by atoms with E-state index in [2.05, 4.69) is 48.3 Å². The molecule has 1 heterocycles. The van der Waals surface area contributed by atoms with Crippen LogP contribution in [0.1, 0.15) is 24.5 Å². The zero-order valence-electron chi connectivity index (χ0n) is 12.6. The fraction of sp³-hybridized carbons (Fsp3) is 0.562. The van der Waals surface area contributed by atoms with Gasteiger partial charge in [-0.2, -0.15) is 0 Å². The first kappa shape index (κ1) is 14.9. The van der Waals surface area contributed by atoms with E-state index in [9.17, 15) is 4.79 Å². The minimum atomic E-state index is 0.0852. The number of nitrogens with zero attached hydrogens (tertiary/aromatic N) is 2. The number of hydrogen-bond acceptors (Lipinski definition) is 2. The van der Waals surface area contributed by atoms with Crippen molar-refractivity contribution < 1.29 is 4.79 Å². The topological polar surface area (TPSA) is 35.6 Å². The van der Waals surface area contributed by atoms with Gasteiger partial charge in [0.2, 0.25) is 0 Å². The Hall–Kier alpha value is -1.55. The third-order valence-corrected chi connectivity index (χ3v) is 3.67. The van der Waals surface area contributed by atoms with Crippen LogP contribution in [0.4, 0.5) is 4.79 Å². The lowest BCUT2D eigenvalue weighted by molar-refractivity contribution is 0.135. The van der Waals surface area contributed by atoms with Crippen molar-refractivity contribution in [2.75, 3.05) is 32.7 Å². The molecule has 0 bridgehead atoms. The Bertz CT molecular complexity index is 439. The summed E-state index contributed by atoms with van der Waals surface area (Å²) in [6.07, 6.45) is 0.985. The second-order valence-electron chi connectivity index (χ2n) is 5.48. The van der Waals surface area contributed by atoms with E-state index in [0.29, 0.717) is 0 Å². The van der Waals surface area contributed by atoms with Gasteiger partial charge in [0.05, 0.1) is 0 Å². The standard InChI is InChI=1S/C16H25N3O/c1-3-7-17-16(20)19-10-8-18(9-11-19)13-15-6-4-5-14(2)12-15/h4-6,12H,3,7-11,13H2,1-2H3,(H,17,20). The van der Waals surface area contributed by atoms with Crippen LogP contribution < -0.4 is 5.32 Å². The summed E-state index contributed by atoms with van der Waals surface area (Å²) in [5.41, 5.74) is 2.66. The normalized spacial score (nSPS) is 16.2. The molecule has 1 aromatic rings. The first-order valence-corrected chi connectivity index (χ1v) is 7.49. The number of rotatable bonds is 4. The Morgan fingerprint density at radius 2 is 2.00 bits per heavy atom. The first-order chi connectivity index (χ1) is 9.69. The summed E-state index contributed by atoms with van der Waals surface area (Å²) >= 11 is 0. The number of benzene rings is 1. The molecule has 1 fully saturated rings. The molecule has 1 aliphatic heterocycles. The monoisotopic (exact) mass is 275 g/mol. The Morgan fingerprint density at radius 1 is 1.25 bits per heavy atom. The molecule has 2 rings (SSSR count). The molecule has 0 radical (unpaired) electrons. The van der Waals surface area contributed by atoms with E-state index >= 15 is 0 Å². The molecule has 0 unspecified atom stereocenters. The van der Waals surface area contributed by atoms with Crippen molar-refractivity contribution in [1.82, 2.24) is 15.1 Å². The highest BCUT2D eigenvalue weighted by Gasteiger charge is 2.20. The summed E-state index contributed by atoms with van der Waals surface area (Å²) in [4.78, 5) is 16.2. The molecular weight excluding hydrogens is 250 g/mol. The van der Waals surface area contributed by atoms with Crippen LogP contribution in [-0.2, 0) is 6.54 Å². The fourth-order valence-corrected chi connectivity index (χ4v) is 2.52. The maximum atomic E-state index is 11.9. The van der Waals surface area contributed by atoms with Crippen LogP contribution in [0.3, 0.4) is 0 Å². The number of aryl methyl sites for hydroxylation is 1. The molecule has 110 valence electrons. The number of nitrogens with one attached hydrogen (secondary N) is 1. The molecule has 1 N–H and O–H groups in total. The zero-order valence-corrected chi connectivity index (χ0v) is 12.6. The minimum Gasteiger partial charge on any atom is -0.338 e. The smallest absolute Gasteiger partial charge is 0.317 e. The van der Waals surface area contributed by atoms with E-state index in [1.165, 1.54) is 11.1 Å². The van der Waals surface area contributed by atoms with E-state index in [4.69, 9.17) is 0 Å². The molecule has 1 aliphatic rings. The molecule has 4 heteroatoms. The average molecular weight is 275 g/mol. The van der Waals surface area contributed by atoms with Crippen molar-refractivity contribution in [2.45, 2.75) is 26.8 Å². The third-order valence-electron chi connectivity index (χ3n) is 3.67. The molecule has 0 aromatic heterocycles. The highest BCUT2D eigenvalue weighted by atomic mass is 16.2. The lowest BCUT2D eigenvalue weighted by Gasteiger charge is -2.34. The van der Waals surface area contributed by atoms with Gasteiger partial charge in [-0.1, -0.05) is 36.8 Å². The molecule has 1 aromatic carbocycles. The molecule has 2 amide bonds. The first-order valence-electron chi connectivity index (χ1n) is 7.49. The second kappa shape index (κ2) is 7.29. The van der Waals surface area contributed by atoms with Crippen molar-refractivity contribution in [3.63, 3.8) is 0 Å². The fourth-order valence-electron chi connectivity index (χ4n) is 2.52. The molecule has 0 saturated carbocycles. The number of piperazine rings is 1. The number of amides is 2. The van der Waals surface area contributed by atoms with Crippen molar-refractivity contribution in [3.8, 4) is 0 Å². The molecule has 4 nitrogen and oxygen atoms in total. The third kappa shape index (κ3) is 4.23. The number of urea groups is 1. The van der Waals surface area contributed by atoms with Gasteiger partial charge in [-0.15, -0.1) is 0 Å². The predicted octanol–water partition coefficient (Wildman–Crippen LogP) is 2.23. The summed E-state index contributed by atoms with van der Waals surface area (Å²) in [6, 6.07) is 8.73. The predicted molar refractivity (Wildman–Crippen MR) is 81.7 cm³/mol. The maximum Gasteiger partial charge on any atom is 0.317 e. The van der Waals surface area contributed by atoms with E-state index < -0.39 is 0 Å². The Kier molecular flexibility index (Phi) is 5.41. The number of hydrogen-bond donors (Lipinski definition) is 1. The highest BCUT2D eigenvalue weighted by molar-refractivity contribution is 5.74. The average Bonchev–Trinajstić information content (AvgIpc) is 2.45. The molecule has 1 saturated heterocycles. The lowest BCUT2D eigenvalue weighted by Crippen LogP contribution is -2.51. The van der Waals surface area contributed by atoms with Gasteiger partial charge in [-0.05, 0) is 18.9 Å². The second-order valence-corrected chi connectivity index (χ2v) is 5.48. The van der Waals surface area contributed by atoms with Gasteiger partial charge in [-0.25, -0.2) is 4.79 Å². The van der Waals surface area contributed by atoms with Crippen LogP contribution in [0.15, 0.2) is 24.3 Å². The highest BCUT2D eigenvalue weighted by Crippen LogP contribution is 2.10. The van der Waals surface area contributed by atoms with E-state index in [-0.39, 0.29) is 6.03 Å². The zero-order chi connectivity index (χ0) is 14.4. The van der Waals surface area contributed by atoms with Crippen LogP contribution in [0.25, 0.3) is 0 Å². The Morgan fingerprint density at radius 3 is 2.65 bits per heavy atom. The van der Waals surface area contributed by atoms with E-state index in [0.717, 1.165) is 45.7 Å². The Labute approximate surface area is 121 Å². The summed E-state index contributed by atoms with van der Waals surface area (Å²) in [7, 11) is 0. The van der Waals surface area contributed by atoms with Gasteiger partial charge in [0.25, 0.3) is 0 Å². The van der Waals surface area contributed by atoms with Gasteiger partial charge >= 0.3 is 6.03 Å². The number of carbonyl (C=O) groups is 1. The molecule has 20 heavy (non-hydrogen) atoms. The van der Waals surface area contributed by atoms with Crippen molar-refractivity contribution in [2.24, 2.45) is 0 Å². The van der Waals surface area contributed by atoms with Gasteiger partial charge in [0.15, 0.2) is 0 Å². The molecule has 0 aliphatic carbocycles. The van der Waals surface area contributed by atoms with Crippen molar-refractivity contribution in [1.29, 1.82) is 0 Å². The lowest BCUT2D eigenvalue weighted by atomic mass is 10.1. The maximum absolute atomic E-state index is 11.9. The van der Waals surface area contributed by atoms with Crippen LogP contribution >= 0.6 is 0 Å². The summed E-state index contributed by atoms with van der Waals surface area (Å²) in [6.45, 7) is 9.48. The van der Waals surface area contributed by atoms with E-state index in [1.54, 1.807) is 0 Å². The number of carbonyl (C=O) groups excluding carboxylic acids is 1. The van der Waals surface area contributed by atoms with Crippen molar-refractivity contribution in [3.05, 3.63) is 35.4 Å². The van der Waals surface area contributed by atoms with Crippen LogP contribution in [0.2, 0.25) is 0 Å². The van der Waals surface area contributed by atoms with Gasteiger partial charge in [0.1, 0.15) is 0 Å². The van der Waals surface area contributed by atoms with Crippen molar-refractivity contribution >= 4 is 6.03 Å². The van der Waals surface area contributed by atoms with E-state index in [1.807, 2.05) is 4.90 Å². The summed E-state index contributed by atoms with van der Waals surface area (Å²) in [5.74, 6) is 0. The van der Waals surface area contributed by atoms with Crippen LogP contribution in [-0.4, -0.2) is 48.6 Å². The quantitative estimate of drug-likeness (QED) is 0.914. The van der Waals surface area contributed by atoms with Crippen LogP contribution in [0, 0.1) is 6.92 Å². The SMILES string of the molecule is CCCNC(=O)N1CCN(Cc2cccc(C)c2)CC1.